The maximum absolute atomic E-state index is 5.35. The minimum Gasteiger partial charge on any atom is -0.379 e. The fourth-order valence-corrected chi connectivity index (χ4v) is 3.77. The lowest BCUT2D eigenvalue weighted by Gasteiger charge is -2.24. The van der Waals surface area contributed by atoms with Crippen LogP contribution in [0.15, 0.2) is 0 Å². The summed E-state index contributed by atoms with van der Waals surface area (Å²) in [4.78, 5) is 4.75. The molecule has 0 aliphatic carbocycles. The molecule has 4 nitrogen and oxygen atoms in total. The monoisotopic (exact) mass is 440 g/mol. The van der Waals surface area contributed by atoms with Crippen LogP contribution in [0.25, 0.3) is 0 Å². The first-order valence-corrected chi connectivity index (χ1v) is 12.9. The molecule has 2 rings (SSSR count). The van der Waals surface area contributed by atoms with Crippen molar-refractivity contribution in [2.24, 2.45) is 0 Å². The van der Waals surface area contributed by atoms with E-state index in [1.165, 1.54) is 51.4 Å². The number of nitrogens with zero attached hydrogens (tertiary/aromatic N) is 2. The molecule has 0 bridgehead atoms. The number of ether oxygens (including phenoxy) is 2. The molecule has 0 aromatic carbocycles. The van der Waals surface area contributed by atoms with Crippen molar-refractivity contribution < 1.29 is 9.47 Å². The second-order valence-electron chi connectivity index (χ2n) is 8.67. The van der Waals surface area contributed by atoms with Crippen LogP contribution in [0.2, 0.25) is 0 Å². The van der Waals surface area contributed by atoms with Crippen LogP contribution in [-0.2, 0) is 9.47 Å². The van der Waals surface area contributed by atoms with Gasteiger partial charge < -0.3 is 9.47 Å². The number of unbranched alkanes of at least 4 members (excludes halogenated alkanes) is 10. The summed E-state index contributed by atoms with van der Waals surface area (Å²) in [5.41, 5.74) is 0. The lowest BCUT2D eigenvalue weighted by molar-refractivity contribution is 0.0443. The van der Waals surface area contributed by atoms with Gasteiger partial charge in [0.25, 0.3) is 0 Å². The highest BCUT2D eigenvalue weighted by atomic mass is 16.5. The molecule has 32 heavy (non-hydrogen) atoms. The van der Waals surface area contributed by atoms with E-state index in [1.807, 2.05) is 0 Å². The molecule has 0 saturated carbocycles. The Morgan fingerprint density at radius 1 is 0.406 bits per heavy atom. The smallest absolute Gasteiger partial charge is 0.0603 e. The molecule has 2 saturated heterocycles. The standard InChI is InChI=1S/C28H44N2O2/c1(3-5-7-9-11-13-15-17-19-29-21-25-31-26-22-29)2-4-6-8-10-12-14-16-18-20-30-23-27-32-28-24-30/h3-14,19-28H2. The van der Waals surface area contributed by atoms with Gasteiger partial charge in [-0.05, 0) is 25.7 Å². The molecule has 0 aromatic rings. The third kappa shape index (κ3) is 15.3. The summed E-state index contributed by atoms with van der Waals surface area (Å²) in [5.74, 6) is 20.0. The lowest BCUT2D eigenvalue weighted by Crippen LogP contribution is -2.36. The van der Waals surface area contributed by atoms with Crippen LogP contribution in [-0.4, -0.2) is 75.5 Å². The van der Waals surface area contributed by atoms with Gasteiger partial charge in [0.2, 0.25) is 0 Å². The Labute approximate surface area is 197 Å². The average molecular weight is 441 g/mol. The van der Waals surface area contributed by atoms with Crippen LogP contribution < -0.4 is 0 Å². The summed E-state index contributed by atoms with van der Waals surface area (Å²) in [6.07, 6.45) is 14.2. The summed E-state index contributed by atoms with van der Waals surface area (Å²) in [6.45, 7) is 9.36. The maximum Gasteiger partial charge on any atom is 0.0603 e. The van der Waals surface area contributed by atoms with Crippen LogP contribution in [0.3, 0.4) is 0 Å². The second kappa shape index (κ2) is 20.1. The van der Waals surface area contributed by atoms with E-state index in [9.17, 15) is 0 Å². The summed E-state index contributed by atoms with van der Waals surface area (Å²) in [5, 5.41) is 0. The Morgan fingerprint density at radius 2 is 0.719 bits per heavy atom. The van der Waals surface area contributed by atoms with Crippen LogP contribution >= 0.6 is 0 Å². The normalized spacial score (nSPS) is 16.9. The summed E-state index contributed by atoms with van der Waals surface area (Å²) in [7, 11) is 0. The Morgan fingerprint density at radius 3 is 1.06 bits per heavy atom. The maximum atomic E-state index is 5.35. The van der Waals surface area contributed by atoms with E-state index < -0.39 is 0 Å². The molecule has 0 N–H and O–H groups in total. The highest BCUT2D eigenvalue weighted by Gasteiger charge is 2.08. The number of morpholine rings is 2. The van der Waals surface area contributed by atoms with Gasteiger partial charge in [0.1, 0.15) is 0 Å². The van der Waals surface area contributed by atoms with Crippen LogP contribution in [0.5, 0.6) is 0 Å². The largest absolute Gasteiger partial charge is 0.379 e. The summed E-state index contributed by atoms with van der Waals surface area (Å²) in [6, 6.07) is 0. The van der Waals surface area contributed by atoms with Crippen molar-refractivity contribution in [3.05, 3.63) is 0 Å². The molecule has 0 amide bonds. The molecule has 2 aliphatic rings. The fourth-order valence-electron chi connectivity index (χ4n) is 3.77. The molecule has 2 aliphatic heterocycles. The van der Waals surface area contributed by atoms with E-state index in [0.717, 1.165) is 91.4 Å². The predicted octanol–water partition coefficient (Wildman–Crippen LogP) is 4.34. The van der Waals surface area contributed by atoms with Crippen molar-refractivity contribution >= 4 is 0 Å². The third-order valence-corrected chi connectivity index (χ3v) is 5.89. The van der Waals surface area contributed by atoms with Crippen molar-refractivity contribution in [1.82, 2.24) is 9.80 Å². The van der Waals surface area contributed by atoms with Crippen molar-refractivity contribution in [1.29, 1.82) is 0 Å². The van der Waals surface area contributed by atoms with Gasteiger partial charge in [-0.25, -0.2) is 0 Å². The van der Waals surface area contributed by atoms with E-state index in [0.29, 0.717) is 0 Å². The molecule has 2 fully saturated rings. The number of hydrogen-bond acceptors (Lipinski definition) is 4. The van der Waals surface area contributed by atoms with Crippen LogP contribution in [0.4, 0.5) is 0 Å². The molecule has 178 valence electrons. The minimum absolute atomic E-state index is 0.858. The molecule has 0 spiro atoms. The molecular weight excluding hydrogens is 396 g/mol. The van der Waals surface area contributed by atoms with Gasteiger partial charge in [0.05, 0.1) is 39.5 Å². The van der Waals surface area contributed by atoms with Gasteiger partial charge in [0.15, 0.2) is 0 Å². The molecule has 0 unspecified atom stereocenters. The van der Waals surface area contributed by atoms with Gasteiger partial charge in [0, 0.05) is 51.9 Å². The molecule has 0 atom stereocenters. The zero-order chi connectivity index (χ0) is 22.4. The summed E-state index contributed by atoms with van der Waals surface area (Å²) < 4.78 is 10.7. The topological polar surface area (TPSA) is 24.9 Å². The second-order valence-corrected chi connectivity index (χ2v) is 8.67. The fraction of sp³-hybridized carbons (Fsp3) is 0.786. The first kappa shape index (κ1) is 26.8. The zero-order valence-electron chi connectivity index (χ0n) is 20.3. The van der Waals surface area contributed by atoms with Crippen molar-refractivity contribution in [3.63, 3.8) is 0 Å². The average Bonchev–Trinajstić information content (AvgIpc) is 2.84. The van der Waals surface area contributed by atoms with Crippen LogP contribution in [0, 0.1) is 35.5 Å². The van der Waals surface area contributed by atoms with E-state index in [-0.39, 0.29) is 0 Å². The number of hydrogen-bond donors (Lipinski definition) is 0. The van der Waals surface area contributed by atoms with E-state index in [2.05, 4.69) is 45.3 Å². The third-order valence-electron chi connectivity index (χ3n) is 5.89. The SMILES string of the molecule is C(#CCCCCCCC#CCN1CCOCC1)CCCCCCC#CCN1CCOCC1. The first-order chi connectivity index (χ1) is 15.9. The van der Waals surface area contributed by atoms with Gasteiger partial charge in [-0.15, -0.1) is 23.7 Å². The van der Waals surface area contributed by atoms with Crippen molar-refractivity contribution in [2.75, 3.05) is 65.7 Å². The Hall–Kier alpha value is -1.48. The molecule has 2 heterocycles. The van der Waals surface area contributed by atoms with Gasteiger partial charge in [-0.1, -0.05) is 37.5 Å². The summed E-state index contributed by atoms with van der Waals surface area (Å²) >= 11 is 0. The minimum atomic E-state index is 0.858. The van der Waals surface area contributed by atoms with Crippen molar-refractivity contribution in [2.45, 2.75) is 77.0 Å². The highest BCUT2D eigenvalue weighted by molar-refractivity contribution is 5.02. The highest BCUT2D eigenvalue weighted by Crippen LogP contribution is 2.06. The van der Waals surface area contributed by atoms with Crippen LogP contribution in [0.1, 0.15) is 77.0 Å². The van der Waals surface area contributed by atoms with E-state index in [4.69, 9.17) is 9.47 Å². The van der Waals surface area contributed by atoms with Gasteiger partial charge in [-0.2, -0.15) is 0 Å². The molecule has 0 aromatic heterocycles. The van der Waals surface area contributed by atoms with Gasteiger partial charge >= 0.3 is 0 Å². The Balaban J connectivity index is 1.28. The molecule has 4 heteroatoms. The quantitative estimate of drug-likeness (QED) is 0.333. The van der Waals surface area contributed by atoms with E-state index >= 15 is 0 Å². The molecular formula is C28H44N2O2. The van der Waals surface area contributed by atoms with E-state index in [1.54, 1.807) is 0 Å². The first-order valence-electron chi connectivity index (χ1n) is 12.9. The zero-order valence-corrected chi connectivity index (χ0v) is 20.3. The Kier molecular flexibility index (Phi) is 16.9. The molecule has 0 radical (unpaired) electrons. The van der Waals surface area contributed by atoms with Crippen molar-refractivity contribution in [3.8, 4) is 35.5 Å². The predicted molar refractivity (Wildman–Crippen MR) is 133 cm³/mol. The van der Waals surface area contributed by atoms with Gasteiger partial charge in [-0.3, -0.25) is 9.80 Å². The Bertz CT molecular complexity index is 578. The number of rotatable bonds is 12. The lowest BCUT2D eigenvalue weighted by atomic mass is 10.1.